The van der Waals surface area contributed by atoms with Gasteiger partial charge in [0.1, 0.15) is 0 Å². The zero-order chi connectivity index (χ0) is 10.5. The van der Waals surface area contributed by atoms with Gasteiger partial charge in [0.05, 0.1) is 12.2 Å². The van der Waals surface area contributed by atoms with E-state index < -0.39 is 0 Å². The number of hydrogen-bond acceptors (Lipinski definition) is 2. The molecular formula is C13H25NO. The summed E-state index contributed by atoms with van der Waals surface area (Å²) in [7, 11) is 0. The standard InChI is InChI=1S/C13H25NO/c1-2-11-5-3-6-12(9-11)15-13-7-4-8-14-10-13/h11-14H,2-10H2,1H3/t11?,12?,13-/m0/s1. The lowest BCUT2D eigenvalue weighted by atomic mass is 9.85. The first-order valence-electron chi connectivity index (χ1n) is 6.74. The zero-order valence-electron chi connectivity index (χ0n) is 10.0. The van der Waals surface area contributed by atoms with Crippen molar-refractivity contribution < 1.29 is 4.74 Å². The lowest BCUT2D eigenvalue weighted by Gasteiger charge is -2.33. The SMILES string of the molecule is CCC1CCCC(O[C@H]2CCCNC2)C1. The normalized spacial score (nSPS) is 37.8. The third kappa shape index (κ3) is 3.46. The van der Waals surface area contributed by atoms with Gasteiger partial charge in [0.25, 0.3) is 0 Å². The summed E-state index contributed by atoms with van der Waals surface area (Å²) in [4.78, 5) is 0. The van der Waals surface area contributed by atoms with Crippen LogP contribution >= 0.6 is 0 Å². The van der Waals surface area contributed by atoms with E-state index in [0.29, 0.717) is 12.2 Å². The van der Waals surface area contributed by atoms with Crippen LogP contribution in [0.2, 0.25) is 0 Å². The molecule has 0 amide bonds. The van der Waals surface area contributed by atoms with Crippen LogP contribution in [0.3, 0.4) is 0 Å². The number of hydrogen-bond donors (Lipinski definition) is 1. The molecule has 2 fully saturated rings. The summed E-state index contributed by atoms with van der Waals surface area (Å²) in [5, 5.41) is 3.42. The molecule has 15 heavy (non-hydrogen) atoms. The van der Waals surface area contributed by atoms with Crippen molar-refractivity contribution >= 4 is 0 Å². The van der Waals surface area contributed by atoms with Gasteiger partial charge in [0, 0.05) is 6.54 Å². The summed E-state index contributed by atoms with van der Waals surface area (Å²) in [6.07, 6.45) is 10.4. The van der Waals surface area contributed by atoms with Crippen molar-refractivity contribution in [3.63, 3.8) is 0 Å². The Morgan fingerprint density at radius 1 is 1.13 bits per heavy atom. The van der Waals surface area contributed by atoms with E-state index in [-0.39, 0.29) is 0 Å². The fourth-order valence-corrected chi connectivity index (χ4v) is 2.94. The summed E-state index contributed by atoms with van der Waals surface area (Å²) in [5.74, 6) is 0.931. The highest BCUT2D eigenvalue weighted by Crippen LogP contribution is 2.29. The minimum absolute atomic E-state index is 0.499. The maximum absolute atomic E-state index is 6.20. The Bertz CT molecular complexity index is 177. The smallest absolute Gasteiger partial charge is 0.0703 e. The molecule has 1 N–H and O–H groups in total. The van der Waals surface area contributed by atoms with Crippen molar-refractivity contribution in [2.75, 3.05) is 13.1 Å². The van der Waals surface area contributed by atoms with Gasteiger partial charge in [0.2, 0.25) is 0 Å². The first-order chi connectivity index (χ1) is 7.38. The molecule has 88 valence electrons. The van der Waals surface area contributed by atoms with E-state index in [1.165, 1.54) is 51.5 Å². The quantitative estimate of drug-likeness (QED) is 0.775. The van der Waals surface area contributed by atoms with Crippen LogP contribution < -0.4 is 5.32 Å². The van der Waals surface area contributed by atoms with Gasteiger partial charge < -0.3 is 10.1 Å². The Labute approximate surface area is 93.8 Å². The first-order valence-corrected chi connectivity index (χ1v) is 6.74. The van der Waals surface area contributed by atoms with E-state index in [4.69, 9.17) is 4.74 Å². The van der Waals surface area contributed by atoms with Crippen LogP contribution in [-0.2, 0) is 4.74 Å². The number of piperidine rings is 1. The molecule has 2 rings (SSSR count). The second-order valence-electron chi connectivity index (χ2n) is 5.17. The zero-order valence-corrected chi connectivity index (χ0v) is 10.0. The predicted molar refractivity (Wildman–Crippen MR) is 63.0 cm³/mol. The van der Waals surface area contributed by atoms with Crippen LogP contribution in [0.4, 0.5) is 0 Å². The highest BCUT2D eigenvalue weighted by Gasteiger charge is 2.24. The van der Waals surface area contributed by atoms with Gasteiger partial charge in [-0.15, -0.1) is 0 Å². The molecule has 1 saturated carbocycles. The second-order valence-corrected chi connectivity index (χ2v) is 5.17. The Morgan fingerprint density at radius 2 is 2.00 bits per heavy atom. The average Bonchev–Trinajstić information content (AvgIpc) is 2.31. The molecule has 0 aromatic rings. The minimum Gasteiger partial charge on any atom is -0.374 e. The van der Waals surface area contributed by atoms with Gasteiger partial charge in [-0.3, -0.25) is 0 Å². The summed E-state index contributed by atoms with van der Waals surface area (Å²) < 4.78 is 6.20. The van der Waals surface area contributed by atoms with E-state index in [9.17, 15) is 0 Å². The molecule has 0 spiro atoms. The molecule has 1 saturated heterocycles. The molecule has 0 bridgehead atoms. The van der Waals surface area contributed by atoms with Crippen LogP contribution in [0.5, 0.6) is 0 Å². The van der Waals surface area contributed by atoms with Crippen LogP contribution in [0.15, 0.2) is 0 Å². The lowest BCUT2D eigenvalue weighted by Crippen LogP contribution is -2.38. The Hall–Kier alpha value is -0.0800. The molecule has 0 aromatic carbocycles. The fourth-order valence-electron chi connectivity index (χ4n) is 2.94. The van der Waals surface area contributed by atoms with Crippen LogP contribution in [0, 0.1) is 5.92 Å². The van der Waals surface area contributed by atoms with Crippen LogP contribution in [-0.4, -0.2) is 25.3 Å². The van der Waals surface area contributed by atoms with E-state index >= 15 is 0 Å². The van der Waals surface area contributed by atoms with Gasteiger partial charge in [-0.2, -0.15) is 0 Å². The predicted octanol–water partition coefficient (Wildman–Crippen LogP) is 2.72. The van der Waals surface area contributed by atoms with Gasteiger partial charge >= 0.3 is 0 Å². The molecule has 0 aromatic heterocycles. The van der Waals surface area contributed by atoms with Crippen molar-refractivity contribution in [3.05, 3.63) is 0 Å². The van der Waals surface area contributed by atoms with E-state index in [1.54, 1.807) is 0 Å². The van der Waals surface area contributed by atoms with Gasteiger partial charge in [-0.25, -0.2) is 0 Å². The Kier molecular flexibility index (Phi) is 4.45. The first kappa shape index (κ1) is 11.4. The van der Waals surface area contributed by atoms with E-state index in [0.717, 1.165) is 12.5 Å². The molecule has 0 radical (unpaired) electrons. The van der Waals surface area contributed by atoms with Gasteiger partial charge in [-0.05, 0) is 38.1 Å². The van der Waals surface area contributed by atoms with Gasteiger partial charge in [-0.1, -0.05) is 26.2 Å². The fraction of sp³-hybridized carbons (Fsp3) is 1.00. The van der Waals surface area contributed by atoms with E-state index in [1.807, 2.05) is 0 Å². The van der Waals surface area contributed by atoms with Crippen LogP contribution in [0.25, 0.3) is 0 Å². The monoisotopic (exact) mass is 211 g/mol. The molecule has 2 heteroatoms. The maximum Gasteiger partial charge on any atom is 0.0703 e. The third-order valence-electron chi connectivity index (χ3n) is 3.95. The second kappa shape index (κ2) is 5.86. The molecule has 2 aliphatic rings. The molecule has 3 atom stereocenters. The Balaban J connectivity index is 1.72. The number of rotatable bonds is 3. The third-order valence-corrected chi connectivity index (χ3v) is 3.95. The van der Waals surface area contributed by atoms with Crippen molar-refractivity contribution in [2.24, 2.45) is 5.92 Å². The molecule has 1 aliphatic carbocycles. The number of ether oxygens (including phenoxy) is 1. The summed E-state index contributed by atoms with van der Waals surface area (Å²) in [5.41, 5.74) is 0. The molecule has 1 aliphatic heterocycles. The van der Waals surface area contributed by atoms with Crippen molar-refractivity contribution in [1.82, 2.24) is 5.32 Å². The molecular weight excluding hydrogens is 186 g/mol. The largest absolute Gasteiger partial charge is 0.374 e. The highest BCUT2D eigenvalue weighted by molar-refractivity contribution is 4.76. The molecule has 1 heterocycles. The minimum atomic E-state index is 0.499. The Morgan fingerprint density at radius 3 is 2.73 bits per heavy atom. The lowest BCUT2D eigenvalue weighted by molar-refractivity contribution is -0.0487. The van der Waals surface area contributed by atoms with Crippen molar-refractivity contribution in [2.45, 2.75) is 64.1 Å². The van der Waals surface area contributed by atoms with Gasteiger partial charge in [0.15, 0.2) is 0 Å². The molecule has 2 unspecified atom stereocenters. The number of nitrogens with one attached hydrogen (secondary N) is 1. The van der Waals surface area contributed by atoms with Crippen molar-refractivity contribution in [3.8, 4) is 0 Å². The summed E-state index contributed by atoms with van der Waals surface area (Å²) in [6, 6.07) is 0. The average molecular weight is 211 g/mol. The topological polar surface area (TPSA) is 21.3 Å². The van der Waals surface area contributed by atoms with Crippen molar-refractivity contribution in [1.29, 1.82) is 0 Å². The highest BCUT2D eigenvalue weighted by atomic mass is 16.5. The summed E-state index contributed by atoms with van der Waals surface area (Å²) >= 11 is 0. The van der Waals surface area contributed by atoms with Crippen LogP contribution in [0.1, 0.15) is 51.9 Å². The molecule has 2 nitrogen and oxygen atoms in total. The van der Waals surface area contributed by atoms with E-state index in [2.05, 4.69) is 12.2 Å². The summed E-state index contributed by atoms with van der Waals surface area (Å²) in [6.45, 7) is 4.57. The maximum atomic E-state index is 6.20.